The lowest BCUT2D eigenvalue weighted by atomic mass is 10.3. The molecule has 0 amide bonds. The summed E-state index contributed by atoms with van der Waals surface area (Å²) >= 11 is 0. The van der Waals surface area contributed by atoms with Crippen LogP contribution >= 0.6 is 0 Å². The second-order valence-electron chi connectivity index (χ2n) is 4.32. The summed E-state index contributed by atoms with van der Waals surface area (Å²) < 4.78 is 5.00. The van der Waals surface area contributed by atoms with Crippen molar-refractivity contribution in [1.29, 1.82) is 0 Å². The lowest BCUT2D eigenvalue weighted by Gasteiger charge is -2.10. The Bertz CT molecular complexity index is 532. The third-order valence-electron chi connectivity index (χ3n) is 2.65. The molecule has 0 unspecified atom stereocenters. The number of nitrogens with one attached hydrogen (secondary N) is 2. The fraction of sp³-hybridized carbons (Fsp3) is 0.357. The van der Waals surface area contributed by atoms with E-state index in [0.717, 1.165) is 29.6 Å². The maximum atomic E-state index is 5.00. The molecule has 20 heavy (non-hydrogen) atoms. The Hall–Kier alpha value is -2.21. The van der Waals surface area contributed by atoms with Crippen molar-refractivity contribution < 1.29 is 4.74 Å². The largest absolute Gasteiger partial charge is 0.383 e. The molecule has 0 aliphatic heterocycles. The second kappa shape index (κ2) is 7.40. The normalized spacial score (nSPS) is 10.3. The molecule has 0 aromatic carbocycles. The molecule has 2 aromatic heterocycles. The number of hydrogen-bond acceptors (Lipinski definition) is 6. The molecule has 0 saturated carbocycles. The van der Waals surface area contributed by atoms with E-state index in [9.17, 15) is 0 Å². The van der Waals surface area contributed by atoms with E-state index in [0.29, 0.717) is 13.2 Å². The van der Waals surface area contributed by atoms with Gasteiger partial charge in [0.25, 0.3) is 0 Å². The first-order valence-electron chi connectivity index (χ1n) is 6.49. The van der Waals surface area contributed by atoms with Gasteiger partial charge in [-0.15, -0.1) is 0 Å². The quantitative estimate of drug-likeness (QED) is 0.750. The van der Waals surface area contributed by atoms with Crippen LogP contribution in [0, 0.1) is 6.92 Å². The van der Waals surface area contributed by atoms with E-state index >= 15 is 0 Å². The molecule has 0 saturated heterocycles. The molecule has 2 aromatic rings. The van der Waals surface area contributed by atoms with E-state index in [1.54, 1.807) is 13.3 Å². The molecule has 0 spiro atoms. The SMILES string of the molecule is COCCNc1cc(NCc2cccnc2)nc(C)n1. The maximum Gasteiger partial charge on any atom is 0.132 e. The van der Waals surface area contributed by atoms with E-state index in [1.165, 1.54) is 0 Å². The van der Waals surface area contributed by atoms with Crippen LogP contribution in [-0.2, 0) is 11.3 Å². The minimum atomic E-state index is 0.640. The van der Waals surface area contributed by atoms with Crippen molar-refractivity contribution in [2.45, 2.75) is 13.5 Å². The van der Waals surface area contributed by atoms with Crippen LogP contribution in [0.2, 0.25) is 0 Å². The molecule has 0 bridgehead atoms. The first-order chi connectivity index (χ1) is 9.78. The summed E-state index contributed by atoms with van der Waals surface area (Å²) in [5.41, 5.74) is 1.11. The summed E-state index contributed by atoms with van der Waals surface area (Å²) in [6.45, 7) is 3.91. The monoisotopic (exact) mass is 273 g/mol. The maximum absolute atomic E-state index is 5.00. The van der Waals surface area contributed by atoms with Gasteiger partial charge in [-0.2, -0.15) is 0 Å². The van der Waals surface area contributed by atoms with Crippen molar-refractivity contribution in [3.05, 3.63) is 42.0 Å². The van der Waals surface area contributed by atoms with Crippen LogP contribution < -0.4 is 10.6 Å². The molecule has 2 N–H and O–H groups in total. The molecule has 2 rings (SSSR count). The highest BCUT2D eigenvalue weighted by Crippen LogP contribution is 2.12. The third kappa shape index (κ3) is 4.47. The van der Waals surface area contributed by atoms with Crippen LogP contribution in [-0.4, -0.2) is 35.2 Å². The first-order valence-corrected chi connectivity index (χ1v) is 6.49. The van der Waals surface area contributed by atoms with Crippen molar-refractivity contribution in [2.24, 2.45) is 0 Å². The summed E-state index contributed by atoms with van der Waals surface area (Å²) in [6, 6.07) is 5.82. The van der Waals surface area contributed by atoms with Gasteiger partial charge in [-0.25, -0.2) is 9.97 Å². The third-order valence-corrected chi connectivity index (χ3v) is 2.65. The van der Waals surface area contributed by atoms with Crippen LogP contribution in [0.15, 0.2) is 30.6 Å². The van der Waals surface area contributed by atoms with E-state index in [2.05, 4.69) is 25.6 Å². The number of ether oxygens (including phenoxy) is 1. The Labute approximate surface area is 118 Å². The van der Waals surface area contributed by atoms with Gasteiger partial charge >= 0.3 is 0 Å². The summed E-state index contributed by atoms with van der Waals surface area (Å²) in [4.78, 5) is 12.8. The van der Waals surface area contributed by atoms with Crippen molar-refractivity contribution >= 4 is 11.6 Å². The van der Waals surface area contributed by atoms with Crippen LogP contribution in [0.25, 0.3) is 0 Å². The van der Waals surface area contributed by atoms with Crippen molar-refractivity contribution in [1.82, 2.24) is 15.0 Å². The highest BCUT2D eigenvalue weighted by Gasteiger charge is 2.01. The number of methoxy groups -OCH3 is 1. The molecule has 0 aliphatic carbocycles. The van der Waals surface area contributed by atoms with Gasteiger partial charge in [0.2, 0.25) is 0 Å². The van der Waals surface area contributed by atoms with E-state index in [1.807, 2.05) is 31.3 Å². The predicted molar refractivity (Wildman–Crippen MR) is 78.7 cm³/mol. The Morgan fingerprint density at radius 2 is 2.00 bits per heavy atom. The van der Waals surface area contributed by atoms with Gasteiger partial charge < -0.3 is 15.4 Å². The molecule has 0 atom stereocenters. The lowest BCUT2D eigenvalue weighted by molar-refractivity contribution is 0.210. The number of pyridine rings is 1. The Kier molecular flexibility index (Phi) is 5.25. The predicted octanol–water partition coefficient (Wildman–Crippen LogP) is 1.85. The lowest BCUT2D eigenvalue weighted by Crippen LogP contribution is -2.11. The van der Waals surface area contributed by atoms with Gasteiger partial charge in [-0.05, 0) is 18.6 Å². The Morgan fingerprint density at radius 1 is 1.20 bits per heavy atom. The molecule has 106 valence electrons. The molecule has 6 nitrogen and oxygen atoms in total. The van der Waals surface area contributed by atoms with Gasteiger partial charge in [-0.1, -0.05) is 6.07 Å². The molecule has 0 aliphatic rings. The Morgan fingerprint density at radius 3 is 2.70 bits per heavy atom. The van der Waals surface area contributed by atoms with Crippen LogP contribution in [0.1, 0.15) is 11.4 Å². The smallest absolute Gasteiger partial charge is 0.132 e. The zero-order chi connectivity index (χ0) is 14.2. The van der Waals surface area contributed by atoms with Crippen molar-refractivity contribution in [3.63, 3.8) is 0 Å². The molecule has 6 heteroatoms. The summed E-state index contributed by atoms with van der Waals surface area (Å²) in [5.74, 6) is 2.31. The van der Waals surface area contributed by atoms with Crippen LogP contribution in [0.3, 0.4) is 0 Å². The van der Waals surface area contributed by atoms with Gasteiger partial charge in [0.05, 0.1) is 6.61 Å². The standard InChI is InChI=1S/C14H19N5O/c1-11-18-13(16-6-7-20-2)8-14(19-11)17-10-12-4-3-5-15-9-12/h3-5,8-9H,6-7,10H2,1-2H3,(H2,16,17,18,19). The zero-order valence-corrected chi connectivity index (χ0v) is 11.8. The molecular formula is C14H19N5O. The minimum Gasteiger partial charge on any atom is -0.383 e. The fourth-order valence-corrected chi connectivity index (χ4v) is 1.73. The van der Waals surface area contributed by atoms with Gasteiger partial charge in [0.1, 0.15) is 17.5 Å². The number of hydrogen-bond donors (Lipinski definition) is 2. The summed E-state index contributed by atoms with van der Waals surface area (Å²) in [7, 11) is 1.67. The van der Waals surface area contributed by atoms with Gasteiger partial charge in [0, 0.05) is 38.7 Å². The minimum absolute atomic E-state index is 0.640. The first kappa shape index (κ1) is 14.2. The average Bonchev–Trinajstić information content (AvgIpc) is 2.46. The summed E-state index contributed by atoms with van der Waals surface area (Å²) in [5, 5.41) is 6.47. The van der Waals surface area contributed by atoms with E-state index in [-0.39, 0.29) is 0 Å². The topological polar surface area (TPSA) is 72.0 Å². The molecule has 2 heterocycles. The zero-order valence-electron chi connectivity index (χ0n) is 11.8. The number of nitrogens with zero attached hydrogens (tertiary/aromatic N) is 3. The number of anilines is 2. The van der Waals surface area contributed by atoms with Gasteiger partial charge in [0.15, 0.2) is 0 Å². The second-order valence-corrected chi connectivity index (χ2v) is 4.32. The van der Waals surface area contributed by atoms with Crippen LogP contribution in [0.4, 0.5) is 11.6 Å². The molecular weight excluding hydrogens is 254 g/mol. The fourth-order valence-electron chi connectivity index (χ4n) is 1.73. The molecule has 0 radical (unpaired) electrons. The van der Waals surface area contributed by atoms with Crippen LogP contribution in [0.5, 0.6) is 0 Å². The average molecular weight is 273 g/mol. The Balaban J connectivity index is 1.97. The van der Waals surface area contributed by atoms with E-state index < -0.39 is 0 Å². The summed E-state index contributed by atoms with van der Waals surface area (Å²) in [6.07, 6.45) is 3.59. The molecule has 0 fully saturated rings. The number of aryl methyl sites for hydroxylation is 1. The number of rotatable bonds is 7. The van der Waals surface area contributed by atoms with Gasteiger partial charge in [-0.3, -0.25) is 4.98 Å². The van der Waals surface area contributed by atoms with Crippen molar-refractivity contribution in [3.8, 4) is 0 Å². The number of aromatic nitrogens is 3. The highest BCUT2D eigenvalue weighted by molar-refractivity contribution is 5.47. The highest BCUT2D eigenvalue weighted by atomic mass is 16.5. The van der Waals surface area contributed by atoms with Crippen molar-refractivity contribution in [2.75, 3.05) is 30.9 Å². The van der Waals surface area contributed by atoms with E-state index in [4.69, 9.17) is 4.74 Å².